The number of alkyl halides is 1. The lowest BCUT2D eigenvalue weighted by molar-refractivity contribution is 0.849. The van der Waals surface area contributed by atoms with Crippen molar-refractivity contribution >= 4 is 23.3 Å². The van der Waals surface area contributed by atoms with Gasteiger partial charge in [0.05, 0.1) is 11.6 Å². The standard InChI is InChI=1S/C10H12ClN5O/c11-6-7-5-8(17)16-9(12-7)13-10(14-16)15-3-1-2-4-15/h5H,1-4,6H2,(H,12,13,14). The molecule has 1 saturated heterocycles. The molecule has 0 spiro atoms. The molecule has 0 radical (unpaired) electrons. The number of H-pyrrole nitrogens is 1. The molecule has 3 heterocycles. The number of hydrogen-bond donors (Lipinski definition) is 1. The Hall–Kier alpha value is -1.56. The lowest BCUT2D eigenvalue weighted by Gasteiger charge is -2.11. The number of aromatic amines is 1. The molecule has 6 nitrogen and oxygen atoms in total. The molecule has 0 atom stereocenters. The first-order chi connectivity index (χ1) is 8.28. The van der Waals surface area contributed by atoms with E-state index in [9.17, 15) is 4.79 Å². The maximum absolute atomic E-state index is 11.8. The summed E-state index contributed by atoms with van der Waals surface area (Å²) < 4.78 is 1.35. The number of rotatable bonds is 2. The van der Waals surface area contributed by atoms with Crippen LogP contribution in [-0.4, -0.2) is 32.7 Å². The van der Waals surface area contributed by atoms with Crippen LogP contribution in [0.3, 0.4) is 0 Å². The van der Waals surface area contributed by atoms with Gasteiger partial charge in [-0.25, -0.2) is 4.98 Å². The van der Waals surface area contributed by atoms with E-state index in [0.717, 1.165) is 25.9 Å². The van der Waals surface area contributed by atoms with Crippen molar-refractivity contribution in [2.75, 3.05) is 18.0 Å². The van der Waals surface area contributed by atoms with Crippen LogP contribution in [0, 0.1) is 0 Å². The number of fused-ring (bicyclic) bond motifs is 1. The zero-order valence-electron chi connectivity index (χ0n) is 9.19. The molecule has 7 heteroatoms. The zero-order chi connectivity index (χ0) is 11.8. The first-order valence-electron chi connectivity index (χ1n) is 5.57. The van der Waals surface area contributed by atoms with Gasteiger partial charge in [-0.15, -0.1) is 11.6 Å². The smallest absolute Gasteiger partial charge is 0.274 e. The normalized spacial score (nSPS) is 15.9. The fraction of sp³-hybridized carbons (Fsp3) is 0.500. The Labute approximate surface area is 102 Å². The summed E-state index contributed by atoms with van der Waals surface area (Å²) in [5.41, 5.74) is 0.375. The fourth-order valence-corrected chi connectivity index (χ4v) is 2.19. The Balaban J connectivity index is 2.11. The largest absolute Gasteiger partial charge is 0.341 e. The third kappa shape index (κ3) is 1.78. The lowest BCUT2D eigenvalue weighted by atomic mass is 10.4. The van der Waals surface area contributed by atoms with Gasteiger partial charge in [-0.2, -0.15) is 9.50 Å². The van der Waals surface area contributed by atoms with Crippen LogP contribution in [0.4, 0.5) is 5.95 Å². The number of aromatic nitrogens is 4. The number of anilines is 1. The van der Waals surface area contributed by atoms with Gasteiger partial charge >= 0.3 is 0 Å². The highest BCUT2D eigenvalue weighted by molar-refractivity contribution is 6.16. The summed E-state index contributed by atoms with van der Waals surface area (Å²) in [5, 5.41) is 2.97. The molecular formula is C10H12ClN5O. The molecule has 0 aliphatic carbocycles. The second-order valence-electron chi connectivity index (χ2n) is 4.10. The minimum atomic E-state index is -0.177. The topological polar surface area (TPSA) is 66.3 Å². The summed E-state index contributed by atoms with van der Waals surface area (Å²) in [4.78, 5) is 22.4. The van der Waals surface area contributed by atoms with Crippen molar-refractivity contribution in [2.45, 2.75) is 18.7 Å². The third-order valence-corrected chi connectivity index (χ3v) is 3.19. The molecule has 2 aromatic rings. The average molecular weight is 254 g/mol. The molecule has 0 saturated carbocycles. The van der Waals surface area contributed by atoms with Crippen LogP contribution in [0.2, 0.25) is 0 Å². The SMILES string of the molecule is O=c1cc(CCl)nc2nc(N3CCCC3)[nH]n12. The van der Waals surface area contributed by atoms with Gasteiger partial charge in [0, 0.05) is 19.2 Å². The van der Waals surface area contributed by atoms with Gasteiger partial charge in [-0.1, -0.05) is 0 Å². The molecule has 0 aromatic carbocycles. The summed E-state index contributed by atoms with van der Waals surface area (Å²) in [6.07, 6.45) is 2.32. The summed E-state index contributed by atoms with van der Waals surface area (Å²) in [5.74, 6) is 1.31. The number of halogens is 1. The van der Waals surface area contributed by atoms with Crippen LogP contribution >= 0.6 is 11.6 Å². The first-order valence-corrected chi connectivity index (χ1v) is 6.11. The lowest BCUT2D eigenvalue weighted by Crippen LogP contribution is -2.20. The van der Waals surface area contributed by atoms with E-state index in [1.165, 1.54) is 10.6 Å². The number of hydrogen-bond acceptors (Lipinski definition) is 4. The Bertz CT molecular complexity index is 598. The molecule has 1 N–H and O–H groups in total. The number of nitrogens with one attached hydrogen (secondary N) is 1. The van der Waals surface area contributed by atoms with E-state index in [1.54, 1.807) is 0 Å². The monoisotopic (exact) mass is 253 g/mol. The van der Waals surface area contributed by atoms with Crippen LogP contribution in [0.25, 0.3) is 5.78 Å². The zero-order valence-corrected chi connectivity index (χ0v) is 9.94. The quantitative estimate of drug-likeness (QED) is 0.803. The average Bonchev–Trinajstić information content (AvgIpc) is 2.96. The van der Waals surface area contributed by atoms with Gasteiger partial charge in [0.1, 0.15) is 0 Å². The fourth-order valence-electron chi connectivity index (χ4n) is 2.05. The summed E-state index contributed by atoms with van der Waals surface area (Å²) in [6, 6.07) is 1.42. The minimum Gasteiger partial charge on any atom is -0.341 e. The van der Waals surface area contributed by atoms with Gasteiger partial charge in [0.25, 0.3) is 11.3 Å². The van der Waals surface area contributed by atoms with E-state index in [0.29, 0.717) is 17.4 Å². The van der Waals surface area contributed by atoms with Crippen LogP contribution in [0.15, 0.2) is 10.9 Å². The van der Waals surface area contributed by atoms with Gasteiger partial charge in [0.15, 0.2) is 0 Å². The molecule has 90 valence electrons. The van der Waals surface area contributed by atoms with Crippen molar-refractivity contribution in [1.82, 2.24) is 19.6 Å². The summed E-state index contributed by atoms with van der Waals surface area (Å²) >= 11 is 5.67. The molecule has 2 aromatic heterocycles. The van der Waals surface area contributed by atoms with Crippen molar-refractivity contribution in [3.8, 4) is 0 Å². The van der Waals surface area contributed by atoms with Gasteiger partial charge < -0.3 is 4.90 Å². The third-order valence-electron chi connectivity index (χ3n) is 2.91. The highest BCUT2D eigenvalue weighted by atomic mass is 35.5. The van der Waals surface area contributed by atoms with Crippen molar-refractivity contribution < 1.29 is 0 Å². The highest BCUT2D eigenvalue weighted by Crippen LogP contribution is 2.15. The predicted octanol–water partition coefficient (Wildman–Crippen LogP) is 0.757. The van der Waals surface area contributed by atoms with Crippen molar-refractivity contribution in [3.05, 3.63) is 22.1 Å². The van der Waals surface area contributed by atoms with Crippen molar-refractivity contribution in [2.24, 2.45) is 0 Å². The molecule has 1 fully saturated rings. The van der Waals surface area contributed by atoms with E-state index < -0.39 is 0 Å². The van der Waals surface area contributed by atoms with Gasteiger partial charge in [0.2, 0.25) is 5.95 Å². The maximum atomic E-state index is 11.8. The Morgan fingerprint density at radius 3 is 2.82 bits per heavy atom. The van der Waals surface area contributed by atoms with Crippen molar-refractivity contribution in [1.29, 1.82) is 0 Å². The van der Waals surface area contributed by atoms with E-state index in [4.69, 9.17) is 11.6 Å². The second-order valence-corrected chi connectivity index (χ2v) is 4.36. The number of nitrogens with zero attached hydrogens (tertiary/aromatic N) is 4. The van der Waals surface area contributed by atoms with Gasteiger partial charge in [-0.3, -0.25) is 9.89 Å². The Morgan fingerprint density at radius 2 is 2.12 bits per heavy atom. The highest BCUT2D eigenvalue weighted by Gasteiger charge is 2.17. The second kappa shape index (κ2) is 4.03. The van der Waals surface area contributed by atoms with E-state index >= 15 is 0 Å². The molecule has 0 bridgehead atoms. The molecule has 0 amide bonds. The molecule has 3 rings (SSSR count). The van der Waals surface area contributed by atoms with Crippen LogP contribution in [0.1, 0.15) is 18.5 Å². The Kier molecular flexibility index (Phi) is 2.51. The Morgan fingerprint density at radius 1 is 1.35 bits per heavy atom. The predicted molar refractivity (Wildman–Crippen MR) is 64.6 cm³/mol. The first kappa shape index (κ1) is 10.6. The molecule has 1 aliphatic rings. The van der Waals surface area contributed by atoms with Crippen LogP contribution < -0.4 is 10.5 Å². The van der Waals surface area contributed by atoms with Crippen LogP contribution in [0.5, 0.6) is 0 Å². The van der Waals surface area contributed by atoms with Crippen LogP contribution in [-0.2, 0) is 5.88 Å². The van der Waals surface area contributed by atoms with E-state index in [2.05, 4.69) is 20.0 Å². The van der Waals surface area contributed by atoms with Crippen molar-refractivity contribution in [3.63, 3.8) is 0 Å². The minimum absolute atomic E-state index is 0.177. The van der Waals surface area contributed by atoms with Gasteiger partial charge in [-0.05, 0) is 12.8 Å². The summed E-state index contributed by atoms with van der Waals surface area (Å²) in [7, 11) is 0. The molecule has 17 heavy (non-hydrogen) atoms. The molecular weight excluding hydrogens is 242 g/mol. The van der Waals surface area contributed by atoms with E-state index in [-0.39, 0.29) is 11.4 Å². The molecule has 1 aliphatic heterocycles. The maximum Gasteiger partial charge on any atom is 0.274 e. The summed E-state index contributed by atoms with van der Waals surface area (Å²) in [6.45, 7) is 1.94. The molecule has 0 unspecified atom stereocenters. The van der Waals surface area contributed by atoms with E-state index in [1.807, 2.05) is 0 Å².